The first-order valence-electron chi connectivity index (χ1n) is 10.1. The van der Waals surface area contributed by atoms with Gasteiger partial charge >= 0.3 is 6.09 Å². The SMILES string of the molecule is Cc1ccccc1C[C@@H](NC(=O)[C@H]1CCCN1C(=O)OCc1ccccc1)C(N)=O. The Morgan fingerprint density at radius 2 is 1.83 bits per heavy atom. The van der Waals surface area contributed by atoms with Crippen LogP contribution in [0.1, 0.15) is 29.5 Å². The average Bonchev–Trinajstić information content (AvgIpc) is 3.24. The Morgan fingerprint density at radius 3 is 2.53 bits per heavy atom. The van der Waals surface area contributed by atoms with Gasteiger partial charge in [-0.15, -0.1) is 0 Å². The number of nitrogens with two attached hydrogens (primary N) is 1. The number of amides is 3. The van der Waals surface area contributed by atoms with Crippen LogP contribution in [0.5, 0.6) is 0 Å². The van der Waals surface area contributed by atoms with E-state index in [-0.39, 0.29) is 12.5 Å². The Morgan fingerprint density at radius 1 is 1.13 bits per heavy atom. The van der Waals surface area contributed by atoms with Crippen molar-refractivity contribution in [2.24, 2.45) is 5.73 Å². The molecule has 0 radical (unpaired) electrons. The summed E-state index contributed by atoms with van der Waals surface area (Å²) in [6.45, 7) is 2.52. The number of ether oxygens (including phenoxy) is 1. The van der Waals surface area contributed by atoms with Crippen molar-refractivity contribution in [2.75, 3.05) is 6.54 Å². The van der Waals surface area contributed by atoms with Crippen LogP contribution in [0.2, 0.25) is 0 Å². The highest BCUT2D eigenvalue weighted by Crippen LogP contribution is 2.20. The van der Waals surface area contributed by atoms with Gasteiger partial charge in [0.15, 0.2) is 0 Å². The molecule has 1 aliphatic heterocycles. The molecule has 0 saturated carbocycles. The summed E-state index contributed by atoms with van der Waals surface area (Å²) in [6, 6.07) is 15.5. The fourth-order valence-electron chi connectivity index (χ4n) is 3.61. The Kier molecular flexibility index (Phi) is 7.06. The van der Waals surface area contributed by atoms with E-state index in [4.69, 9.17) is 10.5 Å². The van der Waals surface area contributed by atoms with Crippen molar-refractivity contribution in [3.63, 3.8) is 0 Å². The number of nitrogens with zero attached hydrogens (tertiary/aromatic N) is 1. The first-order valence-corrected chi connectivity index (χ1v) is 10.1. The van der Waals surface area contributed by atoms with Gasteiger partial charge in [-0.2, -0.15) is 0 Å². The molecule has 3 amide bonds. The second-order valence-electron chi connectivity index (χ2n) is 7.49. The largest absolute Gasteiger partial charge is 0.445 e. The smallest absolute Gasteiger partial charge is 0.410 e. The normalized spacial score (nSPS) is 16.7. The summed E-state index contributed by atoms with van der Waals surface area (Å²) in [6.07, 6.45) is 0.976. The molecule has 2 aromatic carbocycles. The van der Waals surface area contributed by atoms with Gasteiger partial charge in [-0.1, -0.05) is 54.6 Å². The predicted molar refractivity (Wildman–Crippen MR) is 112 cm³/mol. The molecule has 30 heavy (non-hydrogen) atoms. The van der Waals surface area contributed by atoms with Crippen molar-refractivity contribution in [3.8, 4) is 0 Å². The third-order valence-electron chi connectivity index (χ3n) is 5.34. The minimum atomic E-state index is -0.846. The van der Waals surface area contributed by atoms with Crippen molar-refractivity contribution in [1.82, 2.24) is 10.2 Å². The number of hydrogen-bond acceptors (Lipinski definition) is 4. The third-order valence-corrected chi connectivity index (χ3v) is 5.34. The topological polar surface area (TPSA) is 102 Å². The first kappa shape index (κ1) is 21.4. The fourth-order valence-corrected chi connectivity index (χ4v) is 3.61. The number of carbonyl (C=O) groups is 3. The van der Waals surface area contributed by atoms with Crippen molar-refractivity contribution in [2.45, 2.75) is 44.9 Å². The van der Waals surface area contributed by atoms with Crippen LogP contribution in [0.25, 0.3) is 0 Å². The van der Waals surface area contributed by atoms with Gasteiger partial charge in [-0.3, -0.25) is 14.5 Å². The summed E-state index contributed by atoms with van der Waals surface area (Å²) in [5.41, 5.74) is 8.36. The molecule has 7 heteroatoms. The zero-order valence-electron chi connectivity index (χ0n) is 17.0. The number of hydrogen-bond donors (Lipinski definition) is 2. The monoisotopic (exact) mass is 409 g/mol. The van der Waals surface area contributed by atoms with E-state index in [1.54, 1.807) is 0 Å². The molecule has 1 aliphatic rings. The van der Waals surface area contributed by atoms with E-state index >= 15 is 0 Å². The van der Waals surface area contributed by atoms with E-state index in [1.807, 2.05) is 61.5 Å². The number of rotatable bonds is 7. The van der Waals surface area contributed by atoms with Crippen LogP contribution in [0, 0.1) is 6.92 Å². The summed E-state index contributed by atoms with van der Waals surface area (Å²) < 4.78 is 5.37. The molecule has 3 rings (SSSR count). The van der Waals surface area contributed by atoms with Crippen molar-refractivity contribution >= 4 is 17.9 Å². The summed E-state index contributed by atoms with van der Waals surface area (Å²) >= 11 is 0. The second-order valence-corrected chi connectivity index (χ2v) is 7.49. The van der Waals surface area contributed by atoms with E-state index in [0.29, 0.717) is 25.8 Å². The lowest BCUT2D eigenvalue weighted by molar-refractivity contribution is -0.130. The average molecular weight is 409 g/mol. The lowest BCUT2D eigenvalue weighted by Gasteiger charge is -2.25. The molecule has 1 saturated heterocycles. The quantitative estimate of drug-likeness (QED) is 0.733. The number of carbonyl (C=O) groups excluding carboxylic acids is 3. The number of nitrogens with one attached hydrogen (secondary N) is 1. The van der Waals surface area contributed by atoms with Gasteiger partial charge in [-0.25, -0.2) is 4.79 Å². The van der Waals surface area contributed by atoms with E-state index < -0.39 is 24.1 Å². The highest BCUT2D eigenvalue weighted by atomic mass is 16.6. The van der Waals surface area contributed by atoms with Crippen molar-refractivity contribution in [1.29, 1.82) is 0 Å². The Bertz CT molecular complexity index is 900. The fraction of sp³-hybridized carbons (Fsp3) is 0.348. The Labute approximate surface area is 176 Å². The van der Waals surface area contributed by atoms with Crippen molar-refractivity contribution in [3.05, 3.63) is 71.3 Å². The number of aryl methyl sites for hydroxylation is 1. The molecular weight excluding hydrogens is 382 g/mol. The molecule has 7 nitrogen and oxygen atoms in total. The molecule has 0 aliphatic carbocycles. The summed E-state index contributed by atoms with van der Waals surface area (Å²) in [4.78, 5) is 38.7. The van der Waals surface area contributed by atoms with Crippen LogP contribution >= 0.6 is 0 Å². The molecule has 0 unspecified atom stereocenters. The van der Waals surface area contributed by atoms with E-state index in [1.165, 1.54) is 4.90 Å². The van der Waals surface area contributed by atoms with Crippen LogP contribution < -0.4 is 11.1 Å². The van der Waals surface area contributed by atoms with E-state index in [9.17, 15) is 14.4 Å². The highest BCUT2D eigenvalue weighted by molar-refractivity contribution is 5.91. The van der Waals surface area contributed by atoms with E-state index in [2.05, 4.69) is 5.32 Å². The second kappa shape index (κ2) is 9.91. The molecule has 0 bridgehead atoms. The maximum atomic E-state index is 12.9. The zero-order valence-corrected chi connectivity index (χ0v) is 17.0. The van der Waals surface area contributed by atoms with Crippen LogP contribution in [-0.4, -0.2) is 41.4 Å². The highest BCUT2D eigenvalue weighted by Gasteiger charge is 2.36. The summed E-state index contributed by atoms with van der Waals surface area (Å²) in [5, 5.41) is 2.73. The molecule has 3 N–H and O–H groups in total. The maximum absolute atomic E-state index is 12.9. The molecular formula is C23H27N3O4. The first-order chi connectivity index (χ1) is 14.5. The van der Waals surface area contributed by atoms with Crippen LogP contribution in [0.3, 0.4) is 0 Å². The van der Waals surface area contributed by atoms with Gasteiger partial charge < -0.3 is 15.8 Å². The molecule has 1 fully saturated rings. The van der Waals surface area contributed by atoms with Gasteiger partial charge in [0.05, 0.1) is 0 Å². The van der Waals surface area contributed by atoms with Crippen LogP contribution in [0.4, 0.5) is 4.79 Å². The summed E-state index contributed by atoms with van der Waals surface area (Å²) in [5.74, 6) is -0.996. The molecule has 2 atom stereocenters. The molecule has 158 valence electrons. The Balaban J connectivity index is 1.61. The van der Waals surface area contributed by atoms with Gasteiger partial charge in [0.2, 0.25) is 11.8 Å². The minimum Gasteiger partial charge on any atom is -0.445 e. The predicted octanol–water partition coefficient (Wildman–Crippen LogP) is 2.31. The molecule has 2 aromatic rings. The van der Waals surface area contributed by atoms with Gasteiger partial charge in [0.25, 0.3) is 0 Å². The van der Waals surface area contributed by atoms with Gasteiger partial charge in [0.1, 0.15) is 18.7 Å². The van der Waals surface area contributed by atoms with Crippen LogP contribution in [0.15, 0.2) is 54.6 Å². The minimum absolute atomic E-state index is 0.141. The number of benzene rings is 2. The zero-order chi connectivity index (χ0) is 21.5. The maximum Gasteiger partial charge on any atom is 0.410 e. The van der Waals surface area contributed by atoms with E-state index in [0.717, 1.165) is 16.7 Å². The Hall–Kier alpha value is -3.35. The molecule has 1 heterocycles. The lowest BCUT2D eigenvalue weighted by atomic mass is 10.0. The number of likely N-dealkylation sites (tertiary alicyclic amines) is 1. The number of primary amides is 1. The van der Waals surface area contributed by atoms with Crippen molar-refractivity contribution < 1.29 is 19.1 Å². The molecule has 0 spiro atoms. The standard InChI is InChI=1S/C23H27N3O4/c1-16-8-5-6-11-18(16)14-19(21(24)27)25-22(28)20-12-7-13-26(20)23(29)30-15-17-9-3-2-4-10-17/h2-6,8-11,19-20H,7,12-15H2,1H3,(H2,24,27)(H,25,28)/t19-,20-/m1/s1. The third kappa shape index (κ3) is 5.37. The van der Waals surface area contributed by atoms with Gasteiger partial charge in [-0.05, 0) is 36.5 Å². The summed E-state index contributed by atoms with van der Waals surface area (Å²) in [7, 11) is 0. The lowest BCUT2D eigenvalue weighted by Crippen LogP contribution is -2.53. The van der Waals surface area contributed by atoms with Gasteiger partial charge in [0, 0.05) is 13.0 Å². The van der Waals surface area contributed by atoms with Crippen LogP contribution in [-0.2, 0) is 27.4 Å². The molecule has 0 aromatic heterocycles.